The first-order valence-corrected chi connectivity index (χ1v) is 10.1. The van der Waals surface area contributed by atoms with E-state index in [4.69, 9.17) is 5.73 Å². The van der Waals surface area contributed by atoms with E-state index in [1.165, 1.54) is 46.8 Å². The fraction of sp³-hybridized carbons (Fsp3) is 0.211. The van der Waals surface area contributed by atoms with Crippen LogP contribution in [0.2, 0.25) is 0 Å². The predicted molar refractivity (Wildman–Crippen MR) is 104 cm³/mol. The van der Waals surface area contributed by atoms with Crippen molar-refractivity contribution in [2.24, 2.45) is 5.73 Å². The number of nitro benzene ring substituents is 1. The lowest BCUT2D eigenvalue weighted by atomic mass is 9.96. The summed E-state index contributed by atoms with van der Waals surface area (Å²) in [5, 5.41) is 11.4. The van der Waals surface area contributed by atoms with Gasteiger partial charge in [-0.3, -0.25) is 14.9 Å². The number of benzene rings is 2. The van der Waals surface area contributed by atoms with Crippen LogP contribution in [0, 0.1) is 10.1 Å². The Morgan fingerprint density at radius 1 is 1.07 bits per heavy atom. The zero-order valence-corrected chi connectivity index (χ0v) is 15.8. The molecule has 1 amide bonds. The maximum atomic E-state index is 12.7. The molecule has 1 heterocycles. The van der Waals surface area contributed by atoms with Gasteiger partial charge in [0.2, 0.25) is 15.9 Å². The topological polar surface area (TPSA) is 124 Å². The monoisotopic (exact) mass is 401 g/mol. The fourth-order valence-electron chi connectivity index (χ4n) is 3.20. The van der Waals surface area contributed by atoms with Crippen molar-refractivity contribution >= 4 is 27.2 Å². The third-order valence-electron chi connectivity index (χ3n) is 4.55. The summed E-state index contributed by atoms with van der Waals surface area (Å²) < 4.78 is 26.7. The van der Waals surface area contributed by atoms with Gasteiger partial charge in [-0.2, -0.15) is 4.31 Å². The van der Waals surface area contributed by atoms with Gasteiger partial charge in [-0.1, -0.05) is 24.3 Å². The van der Waals surface area contributed by atoms with E-state index >= 15 is 0 Å². The van der Waals surface area contributed by atoms with Gasteiger partial charge in [-0.05, 0) is 36.6 Å². The number of amides is 1. The molecule has 1 aliphatic heterocycles. The van der Waals surface area contributed by atoms with Gasteiger partial charge in [0.1, 0.15) is 0 Å². The Morgan fingerprint density at radius 2 is 1.68 bits per heavy atom. The van der Waals surface area contributed by atoms with Crippen molar-refractivity contribution in [2.45, 2.75) is 17.7 Å². The van der Waals surface area contributed by atoms with Crippen LogP contribution in [0.3, 0.4) is 0 Å². The number of carbonyl (C=O) groups excluding carboxylic acids is 1. The molecule has 8 nitrogen and oxygen atoms in total. The van der Waals surface area contributed by atoms with Crippen molar-refractivity contribution < 1.29 is 18.1 Å². The normalized spacial score (nSPS) is 15.5. The first-order chi connectivity index (χ1) is 13.3. The van der Waals surface area contributed by atoms with Gasteiger partial charge < -0.3 is 5.73 Å². The maximum Gasteiger partial charge on any atom is 0.277 e. The van der Waals surface area contributed by atoms with E-state index < -0.39 is 20.9 Å². The van der Waals surface area contributed by atoms with Crippen molar-refractivity contribution in [1.29, 1.82) is 0 Å². The highest BCUT2D eigenvalue weighted by molar-refractivity contribution is 7.89. The summed E-state index contributed by atoms with van der Waals surface area (Å²) in [6.45, 7) is 0.986. The Bertz CT molecular complexity index is 1040. The number of para-hydroxylation sites is 1. The molecule has 2 aromatic carbocycles. The predicted octanol–water partition coefficient (Wildman–Crippen LogP) is 2.30. The molecule has 0 radical (unpaired) electrons. The molecule has 1 fully saturated rings. The molecule has 0 atom stereocenters. The van der Waals surface area contributed by atoms with E-state index in [1.807, 2.05) is 0 Å². The number of carbonyl (C=O) groups is 1. The van der Waals surface area contributed by atoms with E-state index in [-0.39, 0.29) is 21.7 Å². The minimum atomic E-state index is -3.58. The second-order valence-corrected chi connectivity index (χ2v) is 8.31. The van der Waals surface area contributed by atoms with Gasteiger partial charge in [0, 0.05) is 30.8 Å². The molecule has 9 heteroatoms. The van der Waals surface area contributed by atoms with Crippen LogP contribution in [0.4, 0.5) is 5.69 Å². The number of hydrogen-bond acceptors (Lipinski definition) is 5. The highest BCUT2D eigenvalue weighted by atomic mass is 32.2. The Balaban J connectivity index is 2.04. The van der Waals surface area contributed by atoms with Crippen molar-refractivity contribution in [3.63, 3.8) is 0 Å². The molecule has 0 aromatic heterocycles. The molecule has 2 N–H and O–H groups in total. The standard InChI is InChI=1S/C19H19N3O5S/c20-19(23)13-17(16-5-1-2-6-18(16)22(24)25)14-7-9-15(10-8-14)28(26,27)21-11-3-4-12-21/h1-2,5-10,13H,3-4,11-12H2,(H2,20,23). The molecular weight excluding hydrogens is 382 g/mol. The molecule has 3 rings (SSSR count). The number of nitrogens with zero attached hydrogens (tertiary/aromatic N) is 2. The van der Waals surface area contributed by atoms with Gasteiger partial charge in [0.25, 0.3) is 5.69 Å². The molecule has 28 heavy (non-hydrogen) atoms. The Kier molecular flexibility index (Phi) is 5.57. The average molecular weight is 401 g/mol. The molecule has 146 valence electrons. The highest BCUT2D eigenvalue weighted by Gasteiger charge is 2.27. The molecule has 0 aliphatic carbocycles. The number of nitrogens with two attached hydrogens (primary N) is 1. The number of nitro groups is 1. The van der Waals surface area contributed by atoms with Crippen LogP contribution in [-0.4, -0.2) is 36.6 Å². The lowest BCUT2D eigenvalue weighted by Crippen LogP contribution is -2.27. The molecule has 2 aromatic rings. The second kappa shape index (κ2) is 7.91. The zero-order chi connectivity index (χ0) is 20.3. The van der Waals surface area contributed by atoms with E-state index in [2.05, 4.69) is 0 Å². The average Bonchev–Trinajstić information content (AvgIpc) is 3.22. The molecule has 0 saturated carbocycles. The van der Waals surface area contributed by atoms with Crippen molar-refractivity contribution in [3.05, 3.63) is 75.8 Å². The van der Waals surface area contributed by atoms with Crippen LogP contribution in [0.5, 0.6) is 0 Å². The van der Waals surface area contributed by atoms with Crippen LogP contribution in [0.15, 0.2) is 59.5 Å². The van der Waals surface area contributed by atoms with Crippen LogP contribution in [-0.2, 0) is 14.8 Å². The molecule has 1 saturated heterocycles. The Labute approximate surface area is 162 Å². The second-order valence-electron chi connectivity index (χ2n) is 6.37. The van der Waals surface area contributed by atoms with Gasteiger partial charge in [-0.15, -0.1) is 0 Å². The zero-order valence-electron chi connectivity index (χ0n) is 14.9. The molecule has 0 unspecified atom stereocenters. The first kappa shape index (κ1) is 19.7. The third-order valence-corrected chi connectivity index (χ3v) is 6.46. The summed E-state index contributed by atoms with van der Waals surface area (Å²) in [6.07, 6.45) is 2.77. The Morgan fingerprint density at radius 3 is 2.25 bits per heavy atom. The molecular formula is C19H19N3O5S. The highest BCUT2D eigenvalue weighted by Crippen LogP contribution is 2.31. The largest absolute Gasteiger partial charge is 0.366 e. The van der Waals surface area contributed by atoms with Crippen LogP contribution >= 0.6 is 0 Å². The smallest absolute Gasteiger partial charge is 0.277 e. The number of primary amides is 1. The van der Waals surface area contributed by atoms with Crippen LogP contribution in [0.1, 0.15) is 24.0 Å². The quantitative estimate of drug-likeness (QED) is 0.452. The molecule has 1 aliphatic rings. The van der Waals surface area contributed by atoms with Crippen molar-refractivity contribution in [2.75, 3.05) is 13.1 Å². The van der Waals surface area contributed by atoms with Crippen LogP contribution in [0.25, 0.3) is 5.57 Å². The minimum absolute atomic E-state index is 0.138. The summed E-state index contributed by atoms with van der Waals surface area (Å²) in [5.74, 6) is -0.762. The lowest BCUT2D eigenvalue weighted by Gasteiger charge is -2.16. The molecule has 0 spiro atoms. The Hall–Kier alpha value is -3.04. The summed E-state index contributed by atoms with van der Waals surface area (Å²) in [4.78, 5) is 22.5. The maximum absolute atomic E-state index is 12.7. The van der Waals surface area contributed by atoms with E-state index in [9.17, 15) is 23.3 Å². The minimum Gasteiger partial charge on any atom is -0.366 e. The lowest BCUT2D eigenvalue weighted by molar-refractivity contribution is -0.385. The number of hydrogen-bond donors (Lipinski definition) is 1. The van der Waals surface area contributed by atoms with Crippen molar-refractivity contribution in [3.8, 4) is 0 Å². The number of rotatable bonds is 6. The first-order valence-electron chi connectivity index (χ1n) is 8.66. The van der Waals surface area contributed by atoms with Gasteiger partial charge in [0.15, 0.2) is 0 Å². The molecule has 0 bridgehead atoms. The van der Waals surface area contributed by atoms with E-state index in [1.54, 1.807) is 6.07 Å². The van der Waals surface area contributed by atoms with E-state index in [0.717, 1.165) is 18.9 Å². The SMILES string of the molecule is NC(=O)C=C(c1ccc(S(=O)(=O)N2CCCC2)cc1)c1ccccc1[N+](=O)[O-]. The third kappa shape index (κ3) is 3.95. The summed E-state index contributed by atoms with van der Waals surface area (Å²) in [5.41, 5.74) is 6.04. The number of sulfonamides is 1. The summed E-state index contributed by atoms with van der Waals surface area (Å²) in [7, 11) is -3.58. The fourth-order valence-corrected chi connectivity index (χ4v) is 4.72. The van der Waals surface area contributed by atoms with Gasteiger partial charge >= 0.3 is 0 Å². The van der Waals surface area contributed by atoms with Gasteiger partial charge in [0.05, 0.1) is 15.4 Å². The van der Waals surface area contributed by atoms with Crippen LogP contribution < -0.4 is 5.73 Å². The summed E-state index contributed by atoms with van der Waals surface area (Å²) in [6, 6.07) is 11.9. The van der Waals surface area contributed by atoms with Crippen molar-refractivity contribution in [1.82, 2.24) is 4.31 Å². The van der Waals surface area contributed by atoms with E-state index in [0.29, 0.717) is 18.7 Å². The summed E-state index contributed by atoms with van der Waals surface area (Å²) >= 11 is 0. The van der Waals surface area contributed by atoms with Gasteiger partial charge in [-0.25, -0.2) is 8.42 Å².